The van der Waals surface area contributed by atoms with Crippen molar-refractivity contribution in [1.82, 2.24) is 15.0 Å². The van der Waals surface area contributed by atoms with Gasteiger partial charge in [0.15, 0.2) is 17.5 Å². The van der Waals surface area contributed by atoms with Gasteiger partial charge >= 0.3 is 0 Å². The summed E-state index contributed by atoms with van der Waals surface area (Å²) < 4.78 is 16.4. The number of aromatic nitrogens is 3. The lowest BCUT2D eigenvalue weighted by molar-refractivity contribution is 0.628. The lowest BCUT2D eigenvalue weighted by Gasteiger charge is -2.10. The van der Waals surface area contributed by atoms with Crippen molar-refractivity contribution in [2.45, 2.75) is 0 Å². The molecule has 0 saturated carbocycles. The van der Waals surface area contributed by atoms with E-state index in [0.717, 1.165) is 27.8 Å². The van der Waals surface area contributed by atoms with Crippen LogP contribution in [0.25, 0.3) is 93.8 Å². The molecule has 7 aromatic carbocycles. The summed E-state index contributed by atoms with van der Waals surface area (Å²) in [5.41, 5.74) is 10.5. The molecule has 0 aliphatic rings. The van der Waals surface area contributed by atoms with Crippen LogP contribution in [0.5, 0.6) is 0 Å². The number of benzene rings is 7. The van der Waals surface area contributed by atoms with Crippen molar-refractivity contribution in [1.29, 1.82) is 0 Å². The first-order valence-corrected chi connectivity index (χ1v) is 17.9. The normalized spacial score (nSPS) is 11.2. The standard InChI is InChI=1S/C47H30FN3S/c1-2-30-17-19-34(20-18-30)45-49-46(35-25-27-38(48)28-26-35)51-47(50-45)37-12-6-11-36(29-37)40-14-8-16-42-41-15-7-13-39(43(41)52-44(40)42)33-23-21-32(22-24-33)31-9-4-3-5-10-31/h2-29H,1H2. The SMILES string of the molecule is C=Cc1ccc(-c2nc(-c3ccc(F)cc3)nc(-c3cccc(-c4cccc5c4sc4c(-c6ccc(-c7ccccc7)cc6)cccc45)c3)n2)cc1. The second-order valence-electron chi connectivity index (χ2n) is 12.6. The number of rotatable bonds is 7. The molecule has 0 aliphatic carbocycles. The molecule has 0 fully saturated rings. The van der Waals surface area contributed by atoms with E-state index in [2.05, 4.69) is 110 Å². The Morgan fingerprint density at radius 1 is 0.423 bits per heavy atom. The molecule has 9 rings (SSSR count). The zero-order chi connectivity index (χ0) is 35.0. The van der Waals surface area contributed by atoms with Crippen LogP contribution in [0.2, 0.25) is 0 Å². The molecule has 2 aromatic heterocycles. The average Bonchev–Trinajstić information content (AvgIpc) is 3.61. The molecule has 0 radical (unpaired) electrons. The van der Waals surface area contributed by atoms with Crippen LogP contribution in [0.15, 0.2) is 170 Å². The minimum atomic E-state index is -0.311. The predicted molar refractivity (Wildman–Crippen MR) is 215 cm³/mol. The lowest BCUT2D eigenvalue weighted by atomic mass is 9.98. The van der Waals surface area contributed by atoms with E-state index in [-0.39, 0.29) is 5.82 Å². The maximum absolute atomic E-state index is 13.9. The Morgan fingerprint density at radius 3 is 1.50 bits per heavy atom. The molecule has 0 bridgehead atoms. The fourth-order valence-electron chi connectivity index (χ4n) is 6.70. The van der Waals surface area contributed by atoms with Gasteiger partial charge in [0.1, 0.15) is 5.82 Å². The Morgan fingerprint density at radius 2 is 0.885 bits per heavy atom. The van der Waals surface area contributed by atoms with Crippen LogP contribution in [0.1, 0.15) is 5.56 Å². The molecule has 0 saturated heterocycles. The number of hydrogen-bond donors (Lipinski definition) is 0. The van der Waals surface area contributed by atoms with Gasteiger partial charge in [-0.2, -0.15) is 0 Å². The Labute approximate surface area is 305 Å². The molecule has 0 spiro atoms. The topological polar surface area (TPSA) is 38.7 Å². The number of fused-ring (bicyclic) bond motifs is 3. The van der Waals surface area contributed by atoms with E-state index in [1.165, 1.54) is 54.6 Å². The summed E-state index contributed by atoms with van der Waals surface area (Å²) in [6, 6.07) is 55.0. The van der Waals surface area contributed by atoms with Gasteiger partial charge in [-0.3, -0.25) is 0 Å². The van der Waals surface area contributed by atoms with E-state index in [1.807, 2.05) is 47.7 Å². The van der Waals surface area contributed by atoms with Gasteiger partial charge in [-0.15, -0.1) is 11.3 Å². The fraction of sp³-hybridized carbons (Fsp3) is 0. The number of hydrogen-bond acceptors (Lipinski definition) is 4. The van der Waals surface area contributed by atoms with Crippen molar-refractivity contribution in [2.24, 2.45) is 0 Å². The maximum Gasteiger partial charge on any atom is 0.164 e. The van der Waals surface area contributed by atoms with Crippen LogP contribution in [-0.4, -0.2) is 15.0 Å². The van der Waals surface area contributed by atoms with Gasteiger partial charge in [0.2, 0.25) is 0 Å². The molecule has 0 aliphatic heterocycles. The Bertz CT molecular complexity index is 2730. The van der Waals surface area contributed by atoms with Crippen LogP contribution in [0, 0.1) is 5.82 Å². The monoisotopic (exact) mass is 687 g/mol. The minimum Gasteiger partial charge on any atom is -0.208 e. The highest BCUT2D eigenvalue weighted by atomic mass is 32.1. The van der Waals surface area contributed by atoms with Gasteiger partial charge < -0.3 is 0 Å². The smallest absolute Gasteiger partial charge is 0.164 e. The lowest BCUT2D eigenvalue weighted by Crippen LogP contribution is -2.00. The summed E-state index contributed by atoms with van der Waals surface area (Å²) in [4.78, 5) is 14.7. The molecule has 246 valence electrons. The third-order valence-electron chi connectivity index (χ3n) is 9.40. The third kappa shape index (κ3) is 5.87. The summed E-state index contributed by atoms with van der Waals surface area (Å²) in [6.07, 6.45) is 1.80. The van der Waals surface area contributed by atoms with Gasteiger partial charge in [0.25, 0.3) is 0 Å². The molecule has 2 heterocycles. The molecule has 0 atom stereocenters. The molecular weight excluding hydrogens is 658 g/mol. The van der Waals surface area contributed by atoms with Crippen molar-refractivity contribution < 1.29 is 4.39 Å². The molecule has 0 amide bonds. The second-order valence-corrected chi connectivity index (χ2v) is 13.7. The van der Waals surface area contributed by atoms with E-state index in [0.29, 0.717) is 23.0 Å². The van der Waals surface area contributed by atoms with E-state index in [9.17, 15) is 4.39 Å². The largest absolute Gasteiger partial charge is 0.208 e. The molecule has 52 heavy (non-hydrogen) atoms. The van der Waals surface area contributed by atoms with Gasteiger partial charge in [-0.05, 0) is 69.3 Å². The van der Waals surface area contributed by atoms with Crippen LogP contribution < -0.4 is 0 Å². The number of nitrogens with zero attached hydrogens (tertiary/aromatic N) is 3. The highest BCUT2D eigenvalue weighted by Crippen LogP contribution is 2.44. The van der Waals surface area contributed by atoms with E-state index in [4.69, 9.17) is 15.0 Å². The summed E-state index contributed by atoms with van der Waals surface area (Å²) in [5, 5.41) is 2.48. The van der Waals surface area contributed by atoms with Gasteiger partial charge in [0.05, 0.1) is 0 Å². The highest BCUT2D eigenvalue weighted by Gasteiger charge is 2.17. The zero-order valence-corrected chi connectivity index (χ0v) is 28.8. The predicted octanol–water partition coefficient (Wildman–Crippen LogP) is 13.0. The van der Waals surface area contributed by atoms with Crippen LogP contribution in [0.4, 0.5) is 4.39 Å². The summed E-state index contributed by atoms with van der Waals surface area (Å²) in [6.45, 7) is 3.87. The first-order valence-electron chi connectivity index (χ1n) is 17.1. The van der Waals surface area contributed by atoms with E-state index < -0.39 is 0 Å². The van der Waals surface area contributed by atoms with E-state index >= 15 is 0 Å². The van der Waals surface area contributed by atoms with Crippen LogP contribution in [-0.2, 0) is 0 Å². The van der Waals surface area contributed by atoms with Crippen molar-refractivity contribution in [2.75, 3.05) is 0 Å². The third-order valence-corrected chi connectivity index (χ3v) is 10.7. The average molecular weight is 688 g/mol. The van der Waals surface area contributed by atoms with Crippen molar-refractivity contribution in [3.63, 3.8) is 0 Å². The quantitative estimate of drug-likeness (QED) is 0.167. The van der Waals surface area contributed by atoms with Gasteiger partial charge in [-0.25, -0.2) is 19.3 Å². The Kier molecular flexibility index (Phi) is 8.03. The first kappa shape index (κ1) is 31.4. The van der Waals surface area contributed by atoms with Crippen molar-refractivity contribution in [3.05, 3.63) is 182 Å². The van der Waals surface area contributed by atoms with Crippen LogP contribution in [0.3, 0.4) is 0 Å². The number of thiophene rings is 1. The molecule has 0 unspecified atom stereocenters. The highest BCUT2D eigenvalue weighted by molar-refractivity contribution is 7.26. The molecule has 5 heteroatoms. The van der Waals surface area contributed by atoms with Crippen molar-refractivity contribution >= 4 is 37.6 Å². The fourth-order valence-corrected chi connectivity index (χ4v) is 8.08. The zero-order valence-electron chi connectivity index (χ0n) is 28.0. The second kappa shape index (κ2) is 13.3. The van der Waals surface area contributed by atoms with Gasteiger partial charge in [-0.1, -0.05) is 146 Å². The summed E-state index contributed by atoms with van der Waals surface area (Å²) >= 11 is 1.83. The molecule has 3 nitrogen and oxygen atoms in total. The molecule has 0 N–H and O–H groups in total. The number of halogens is 1. The molecular formula is C47H30FN3S. The van der Waals surface area contributed by atoms with E-state index in [1.54, 1.807) is 18.2 Å². The summed E-state index contributed by atoms with van der Waals surface area (Å²) in [7, 11) is 0. The summed E-state index contributed by atoms with van der Waals surface area (Å²) in [5.74, 6) is 1.26. The maximum atomic E-state index is 13.9. The Balaban J connectivity index is 1.14. The van der Waals surface area contributed by atoms with Crippen LogP contribution >= 0.6 is 11.3 Å². The minimum absolute atomic E-state index is 0.311. The van der Waals surface area contributed by atoms with Gasteiger partial charge in [0, 0.05) is 36.9 Å². The Hall–Kier alpha value is -6.56. The van der Waals surface area contributed by atoms with Crippen molar-refractivity contribution in [3.8, 4) is 67.5 Å². The first-order chi connectivity index (χ1) is 25.6. The molecule has 9 aromatic rings.